The van der Waals surface area contributed by atoms with Gasteiger partial charge in [-0.3, -0.25) is 15.0 Å². The van der Waals surface area contributed by atoms with E-state index < -0.39 is 23.2 Å². The number of aromatic nitrogens is 1. The van der Waals surface area contributed by atoms with E-state index >= 15 is 0 Å². The minimum Gasteiger partial charge on any atom is -0.474 e. The maximum absolute atomic E-state index is 13.9. The number of rotatable bonds is 4. The van der Waals surface area contributed by atoms with Crippen LogP contribution in [0.4, 0.5) is 4.39 Å². The van der Waals surface area contributed by atoms with Gasteiger partial charge in [0.05, 0.1) is 17.2 Å². The van der Waals surface area contributed by atoms with Gasteiger partial charge in [-0.2, -0.15) is 0 Å². The summed E-state index contributed by atoms with van der Waals surface area (Å²) in [5.74, 6) is -1.71. The topological polar surface area (TPSA) is 71.5 Å². The van der Waals surface area contributed by atoms with Crippen LogP contribution in [0.5, 0.6) is 5.88 Å². The number of nitrogens with zero attached hydrogens (tertiary/aromatic N) is 2. The molecule has 2 rings (SSSR count). The maximum atomic E-state index is 13.9. The maximum Gasteiger partial charge on any atom is 0.278 e. The number of hydrogen-bond donors (Lipinski definition) is 1. The molecule has 6 nitrogen and oxygen atoms in total. The molecule has 144 valence electrons. The first-order valence-corrected chi connectivity index (χ1v) is 8.63. The quantitative estimate of drug-likeness (QED) is 0.832. The van der Waals surface area contributed by atoms with Gasteiger partial charge in [0.1, 0.15) is 11.4 Å². The molecule has 0 saturated carbocycles. The van der Waals surface area contributed by atoms with Crippen LogP contribution in [0.25, 0.3) is 0 Å². The Labute approximate surface area is 158 Å². The summed E-state index contributed by atoms with van der Waals surface area (Å²) in [5.41, 5.74) is 1.79. The molecule has 27 heavy (non-hydrogen) atoms. The second-order valence-electron chi connectivity index (χ2n) is 7.25. The lowest BCUT2D eigenvalue weighted by molar-refractivity contribution is 0.0351. The lowest BCUT2D eigenvalue weighted by Gasteiger charge is -2.35. The van der Waals surface area contributed by atoms with Crippen molar-refractivity contribution in [1.82, 2.24) is 15.4 Å². The minimum atomic E-state index is -0.775. The van der Waals surface area contributed by atoms with Crippen LogP contribution in [0.1, 0.15) is 55.3 Å². The number of benzene rings is 1. The molecule has 7 heteroatoms. The largest absolute Gasteiger partial charge is 0.474 e. The van der Waals surface area contributed by atoms with Gasteiger partial charge >= 0.3 is 0 Å². The second kappa shape index (κ2) is 8.16. The SMILES string of the molecule is CC(C)Oc1ncccc1C(=O)N(NC(=O)c1ccccc1F)C(C)(C)C. The Morgan fingerprint density at radius 2 is 1.74 bits per heavy atom. The van der Waals surface area contributed by atoms with Gasteiger partial charge in [0, 0.05) is 6.20 Å². The van der Waals surface area contributed by atoms with Gasteiger partial charge in [-0.05, 0) is 58.9 Å². The molecule has 0 saturated heterocycles. The summed E-state index contributed by atoms with van der Waals surface area (Å²) in [4.78, 5) is 29.8. The van der Waals surface area contributed by atoms with Crippen molar-refractivity contribution < 1.29 is 18.7 Å². The molecule has 0 aliphatic carbocycles. The molecule has 0 aliphatic rings. The molecule has 1 aromatic carbocycles. The van der Waals surface area contributed by atoms with Crippen LogP contribution in [0.3, 0.4) is 0 Å². The molecule has 2 amide bonds. The standard InChI is InChI=1S/C20H24FN3O3/c1-13(2)27-18-15(10-8-12-22-18)19(26)24(20(3,4)5)23-17(25)14-9-6-7-11-16(14)21/h6-13H,1-5H3,(H,23,25). The Kier molecular flexibility index (Phi) is 6.15. The average molecular weight is 373 g/mol. The van der Waals surface area contributed by atoms with Crippen LogP contribution in [-0.2, 0) is 0 Å². The molecular formula is C20H24FN3O3. The second-order valence-corrected chi connectivity index (χ2v) is 7.25. The number of nitrogens with one attached hydrogen (secondary N) is 1. The summed E-state index contributed by atoms with van der Waals surface area (Å²) < 4.78 is 19.5. The van der Waals surface area contributed by atoms with Gasteiger partial charge in [0.15, 0.2) is 0 Å². The summed E-state index contributed by atoms with van der Waals surface area (Å²) >= 11 is 0. The molecule has 1 aromatic heterocycles. The van der Waals surface area contributed by atoms with E-state index in [1.54, 1.807) is 39.0 Å². The molecule has 0 bridgehead atoms. The van der Waals surface area contributed by atoms with E-state index in [2.05, 4.69) is 10.4 Å². The number of amides is 2. The van der Waals surface area contributed by atoms with Crippen LogP contribution < -0.4 is 10.2 Å². The van der Waals surface area contributed by atoms with E-state index in [0.717, 1.165) is 5.01 Å². The Morgan fingerprint density at radius 3 is 2.33 bits per heavy atom. The van der Waals surface area contributed by atoms with E-state index in [9.17, 15) is 14.0 Å². The van der Waals surface area contributed by atoms with Gasteiger partial charge < -0.3 is 4.74 Å². The molecule has 1 N–H and O–H groups in total. The molecule has 0 unspecified atom stereocenters. The molecule has 2 aromatic rings. The first kappa shape index (κ1) is 20.4. The Morgan fingerprint density at radius 1 is 1.11 bits per heavy atom. The number of hydrogen-bond acceptors (Lipinski definition) is 4. The van der Waals surface area contributed by atoms with Crippen LogP contribution in [0, 0.1) is 5.82 Å². The Hall–Kier alpha value is -2.96. The van der Waals surface area contributed by atoms with Gasteiger partial charge in [0.2, 0.25) is 5.88 Å². The molecule has 0 aliphatic heterocycles. The number of ether oxygens (including phenoxy) is 1. The highest BCUT2D eigenvalue weighted by atomic mass is 19.1. The van der Waals surface area contributed by atoms with Crippen molar-refractivity contribution in [2.45, 2.75) is 46.3 Å². The third-order valence-electron chi connectivity index (χ3n) is 3.55. The van der Waals surface area contributed by atoms with Crippen LogP contribution >= 0.6 is 0 Å². The van der Waals surface area contributed by atoms with Gasteiger partial charge in [0.25, 0.3) is 11.8 Å². The van der Waals surface area contributed by atoms with Crippen molar-refractivity contribution >= 4 is 11.8 Å². The van der Waals surface area contributed by atoms with Crippen molar-refractivity contribution in [3.8, 4) is 5.88 Å². The normalized spacial score (nSPS) is 11.2. The van der Waals surface area contributed by atoms with Crippen molar-refractivity contribution in [2.24, 2.45) is 0 Å². The highest BCUT2D eigenvalue weighted by Gasteiger charge is 2.32. The first-order chi connectivity index (χ1) is 12.6. The van der Waals surface area contributed by atoms with E-state index in [0.29, 0.717) is 0 Å². The summed E-state index contributed by atoms with van der Waals surface area (Å²) in [6, 6.07) is 8.77. The third kappa shape index (κ3) is 5.03. The zero-order valence-electron chi connectivity index (χ0n) is 16.1. The minimum absolute atomic E-state index is 0.149. The van der Waals surface area contributed by atoms with Gasteiger partial charge in [-0.1, -0.05) is 12.1 Å². The van der Waals surface area contributed by atoms with E-state index in [1.807, 2.05) is 13.8 Å². The van der Waals surface area contributed by atoms with Gasteiger partial charge in [-0.25, -0.2) is 14.4 Å². The van der Waals surface area contributed by atoms with Crippen molar-refractivity contribution in [3.63, 3.8) is 0 Å². The number of halogens is 1. The fourth-order valence-electron chi connectivity index (χ4n) is 2.32. The Balaban J connectivity index is 2.36. The predicted octanol–water partition coefficient (Wildman–Crippen LogP) is 3.59. The molecule has 0 spiro atoms. The first-order valence-electron chi connectivity index (χ1n) is 8.63. The molecular weight excluding hydrogens is 349 g/mol. The molecule has 0 fully saturated rings. The summed E-state index contributed by atoms with van der Waals surface area (Å²) in [6.45, 7) is 8.92. The van der Waals surface area contributed by atoms with Crippen molar-refractivity contribution in [2.75, 3.05) is 0 Å². The number of carbonyl (C=O) groups is 2. The average Bonchev–Trinajstić information content (AvgIpc) is 2.58. The zero-order valence-corrected chi connectivity index (χ0v) is 16.1. The molecule has 0 atom stereocenters. The van der Waals surface area contributed by atoms with E-state index in [1.165, 1.54) is 24.4 Å². The van der Waals surface area contributed by atoms with Crippen molar-refractivity contribution in [1.29, 1.82) is 0 Å². The lowest BCUT2D eigenvalue weighted by atomic mass is 10.1. The summed E-state index contributed by atoms with van der Waals surface area (Å²) in [7, 11) is 0. The highest BCUT2D eigenvalue weighted by Crippen LogP contribution is 2.22. The number of hydrazine groups is 1. The number of carbonyl (C=O) groups excluding carboxylic acids is 2. The van der Waals surface area contributed by atoms with Crippen LogP contribution in [-0.4, -0.2) is 33.5 Å². The van der Waals surface area contributed by atoms with Crippen molar-refractivity contribution in [3.05, 3.63) is 59.5 Å². The summed E-state index contributed by atoms with van der Waals surface area (Å²) in [6.07, 6.45) is 1.34. The van der Waals surface area contributed by atoms with Crippen LogP contribution in [0.15, 0.2) is 42.6 Å². The zero-order chi connectivity index (χ0) is 20.2. The smallest absolute Gasteiger partial charge is 0.278 e. The predicted molar refractivity (Wildman–Crippen MR) is 99.8 cm³/mol. The monoisotopic (exact) mass is 373 g/mol. The lowest BCUT2D eigenvalue weighted by Crippen LogP contribution is -2.56. The molecule has 0 radical (unpaired) electrons. The third-order valence-corrected chi connectivity index (χ3v) is 3.55. The van der Waals surface area contributed by atoms with Gasteiger partial charge in [-0.15, -0.1) is 0 Å². The highest BCUT2D eigenvalue weighted by molar-refractivity contribution is 6.00. The van der Waals surface area contributed by atoms with E-state index in [-0.39, 0.29) is 23.1 Å². The molecule has 1 heterocycles. The van der Waals surface area contributed by atoms with E-state index in [4.69, 9.17) is 4.74 Å². The fraction of sp³-hybridized carbons (Fsp3) is 0.350. The fourth-order valence-corrected chi connectivity index (χ4v) is 2.32. The Bertz CT molecular complexity index is 831. The van der Waals surface area contributed by atoms with Crippen LogP contribution in [0.2, 0.25) is 0 Å². The number of pyridine rings is 1. The summed E-state index contributed by atoms with van der Waals surface area (Å²) in [5, 5.41) is 1.16.